The lowest BCUT2D eigenvalue weighted by molar-refractivity contribution is -0.119. The van der Waals surface area contributed by atoms with E-state index in [2.05, 4.69) is 14.6 Å². The number of nitrogens with one attached hydrogen (secondary N) is 2. The SMILES string of the molecule is CNS(=O)(=O)c1cc(NC(=O)COC(=O)c2cc(C)n(C3CC3)c2C)ccc1C. The van der Waals surface area contributed by atoms with E-state index in [1.54, 1.807) is 25.1 Å². The molecular formula is C20H25N3O5S. The third-order valence-electron chi connectivity index (χ3n) is 4.98. The van der Waals surface area contributed by atoms with Crippen molar-refractivity contribution in [2.75, 3.05) is 19.0 Å². The van der Waals surface area contributed by atoms with Crippen LogP contribution in [0.15, 0.2) is 29.2 Å². The van der Waals surface area contributed by atoms with Crippen LogP contribution in [0, 0.1) is 20.8 Å². The maximum atomic E-state index is 12.4. The lowest BCUT2D eigenvalue weighted by atomic mass is 10.2. The average Bonchev–Trinajstić information content (AvgIpc) is 3.46. The van der Waals surface area contributed by atoms with E-state index in [1.807, 2.05) is 13.8 Å². The number of aromatic nitrogens is 1. The number of rotatable bonds is 7. The number of amides is 1. The van der Waals surface area contributed by atoms with Gasteiger partial charge in [-0.1, -0.05) is 6.07 Å². The van der Waals surface area contributed by atoms with Crippen molar-refractivity contribution in [2.45, 2.75) is 44.6 Å². The Balaban J connectivity index is 1.64. The molecule has 0 aliphatic heterocycles. The quantitative estimate of drug-likeness (QED) is 0.671. The van der Waals surface area contributed by atoms with Crippen LogP contribution >= 0.6 is 0 Å². The van der Waals surface area contributed by atoms with Gasteiger partial charge in [-0.3, -0.25) is 4.79 Å². The summed E-state index contributed by atoms with van der Waals surface area (Å²) in [7, 11) is -2.33. The largest absolute Gasteiger partial charge is 0.452 e. The summed E-state index contributed by atoms with van der Waals surface area (Å²) in [6.07, 6.45) is 2.21. The molecule has 0 spiro atoms. The number of ether oxygens (including phenoxy) is 1. The smallest absolute Gasteiger partial charge is 0.340 e. The van der Waals surface area contributed by atoms with Crippen LogP contribution < -0.4 is 10.0 Å². The Labute approximate surface area is 170 Å². The summed E-state index contributed by atoms with van der Waals surface area (Å²) in [5.41, 5.74) is 3.15. The second kappa shape index (κ2) is 8.00. The zero-order valence-corrected chi connectivity index (χ0v) is 17.7. The molecule has 0 bridgehead atoms. The predicted molar refractivity (Wildman–Crippen MR) is 109 cm³/mol. The number of carbonyl (C=O) groups excluding carboxylic acids is 2. The summed E-state index contributed by atoms with van der Waals surface area (Å²) >= 11 is 0. The fraction of sp³-hybridized carbons (Fsp3) is 0.400. The van der Waals surface area contributed by atoms with Crippen LogP contribution in [0.3, 0.4) is 0 Å². The van der Waals surface area contributed by atoms with Crippen LogP contribution in [0.4, 0.5) is 5.69 Å². The molecule has 2 aromatic rings. The van der Waals surface area contributed by atoms with Gasteiger partial charge in [-0.2, -0.15) is 0 Å². The van der Waals surface area contributed by atoms with Gasteiger partial charge >= 0.3 is 5.97 Å². The highest BCUT2D eigenvalue weighted by molar-refractivity contribution is 7.89. The Morgan fingerprint density at radius 2 is 1.86 bits per heavy atom. The molecule has 1 aromatic heterocycles. The summed E-state index contributed by atoms with van der Waals surface area (Å²) in [6.45, 7) is 5.02. The Morgan fingerprint density at radius 3 is 2.48 bits per heavy atom. The Morgan fingerprint density at radius 1 is 1.17 bits per heavy atom. The molecule has 0 atom stereocenters. The Bertz CT molecular complexity index is 1070. The fourth-order valence-corrected chi connectivity index (χ4v) is 4.36. The molecule has 1 aromatic carbocycles. The molecule has 3 rings (SSSR count). The number of hydrogen-bond acceptors (Lipinski definition) is 5. The molecule has 1 saturated carbocycles. The van der Waals surface area contributed by atoms with Crippen LogP contribution in [-0.4, -0.2) is 38.5 Å². The first kappa shape index (κ1) is 21.1. The van der Waals surface area contributed by atoms with E-state index in [0.717, 1.165) is 24.2 Å². The number of benzene rings is 1. The van der Waals surface area contributed by atoms with Crippen LogP contribution in [0.1, 0.15) is 46.2 Å². The molecule has 1 fully saturated rings. The molecule has 0 unspecified atom stereocenters. The molecule has 0 radical (unpaired) electrons. The number of hydrogen-bond donors (Lipinski definition) is 2. The molecule has 156 valence electrons. The number of sulfonamides is 1. The maximum Gasteiger partial charge on any atom is 0.340 e. The minimum Gasteiger partial charge on any atom is -0.452 e. The van der Waals surface area contributed by atoms with Crippen LogP contribution in [-0.2, 0) is 19.6 Å². The first-order chi connectivity index (χ1) is 13.6. The summed E-state index contributed by atoms with van der Waals surface area (Å²) in [5.74, 6) is -1.10. The van der Waals surface area contributed by atoms with Gasteiger partial charge in [-0.05, 0) is 64.4 Å². The molecule has 1 aliphatic rings. The van der Waals surface area contributed by atoms with Crippen molar-refractivity contribution < 1.29 is 22.7 Å². The first-order valence-electron chi connectivity index (χ1n) is 9.33. The molecule has 1 amide bonds. The van der Waals surface area contributed by atoms with Gasteiger partial charge in [0.05, 0.1) is 10.5 Å². The van der Waals surface area contributed by atoms with Crippen LogP contribution in [0.5, 0.6) is 0 Å². The van der Waals surface area contributed by atoms with E-state index in [9.17, 15) is 18.0 Å². The fourth-order valence-electron chi connectivity index (χ4n) is 3.36. The van der Waals surface area contributed by atoms with Crippen LogP contribution in [0.25, 0.3) is 0 Å². The number of aryl methyl sites for hydroxylation is 2. The second-order valence-electron chi connectivity index (χ2n) is 7.20. The van der Waals surface area contributed by atoms with E-state index in [1.165, 1.54) is 13.1 Å². The first-order valence-corrected chi connectivity index (χ1v) is 10.8. The minimum atomic E-state index is -3.65. The van der Waals surface area contributed by atoms with Crippen molar-refractivity contribution >= 4 is 27.6 Å². The highest BCUT2D eigenvalue weighted by Gasteiger charge is 2.29. The molecule has 0 saturated heterocycles. The standard InChI is InChI=1S/C20H25N3O5S/c1-12-5-6-15(10-18(12)29(26,27)21-4)22-19(24)11-28-20(25)17-9-13(2)23(14(17)3)16-7-8-16/h5-6,9-10,16,21H,7-8,11H2,1-4H3,(H,22,24). The predicted octanol–water partition coefficient (Wildman–Crippen LogP) is 2.45. The Kier molecular flexibility index (Phi) is 5.81. The van der Waals surface area contributed by atoms with Gasteiger partial charge in [-0.25, -0.2) is 17.9 Å². The lowest BCUT2D eigenvalue weighted by Gasteiger charge is -2.11. The molecule has 1 heterocycles. The summed E-state index contributed by atoms with van der Waals surface area (Å²) in [5, 5.41) is 2.56. The topological polar surface area (TPSA) is 107 Å². The maximum absolute atomic E-state index is 12.4. The van der Waals surface area contributed by atoms with E-state index in [4.69, 9.17) is 4.74 Å². The van der Waals surface area contributed by atoms with Crippen molar-refractivity contribution in [3.8, 4) is 0 Å². The normalized spacial score (nSPS) is 13.9. The number of anilines is 1. The summed E-state index contributed by atoms with van der Waals surface area (Å²) in [6, 6.07) is 6.78. The van der Waals surface area contributed by atoms with Gasteiger partial charge in [0.2, 0.25) is 10.0 Å². The third kappa shape index (κ3) is 4.51. The number of carbonyl (C=O) groups is 2. The summed E-state index contributed by atoms with van der Waals surface area (Å²) < 4.78 is 33.6. The molecule has 9 heteroatoms. The van der Waals surface area contributed by atoms with Gasteiger partial charge in [-0.15, -0.1) is 0 Å². The lowest BCUT2D eigenvalue weighted by Crippen LogP contribution is -2.22. The summed E-state index contributed by atoms with van der Waals surface area (Å²) in [4.78, 5) is 24.6. The number of esters is 1. The van der Waals surface area contributed by atoms with Gasteiger partial charge in [0.1, 0.15) is 0 Å². The van der Waals surface area contributed by atoms with E-state index < -0.39 is 28.5 Å². The van der Waals surface area contributed by atoms with Gasteiger partial charge < -0.3 is 14.6 Å². The van der Waals surface area contributed by atoms with Crippen molar-refractivity contribution in [1.29, 1.82) is 0 Å². The highest BCUT2D eigenvalue weighted by atomic mass is 32.2. The minimum absolute atomic E-state index is 0.0716. The molecule has 2 N–H and O–H groups in total. The van der Waals surface area contributed by atoms with Crippen molar-refractivity contribution in [3.63, 3.8) is 0 Å². The average molecular weight is 420 g/mol. The second-order valence-corrected chi connectivity index (χ2v) is 9.05. The Hall–Kier alpha value is -2.65. The van der Waals surface area contributed by atoms with Crippen molar-refractivity contribution in [2.24, 2.45) is 0 Å². The van der Waals surface area contributed by atoms with Crippen molar-refractivity contribution in [3.05, 3.63) is 46.8 Å². The van der Waals surface area contributed by atoms with Gasteiger partial charge in [0, 0.05) is 23.1 Å². The van der Waals surface area contributed by atoms with Crippen LogP contribution in [0.2, 0.25) is 0 Å². The third-order valence-corrected chi connectivity index (χ3v) is 6.54. The van der Waals surface area contributed by atoms with Gasteiger partial charge in [0.25, 0.3) is 5.91 Å². The molecule has 1 aliphatic carbocycles. The van der Waals surface area contributed by atoms with E-state index >= 15 is 0 Å². The zero-order chi connectivity index (χ0) is 21.3. The monoisotopic (exact) mass is 419 g/mol. The zero-order valence-electron chi connectivity index (χ0n) is 16.9. The molecule has 8 nitrogen and oxygen atoms in total. The van der Waals surface area contributed by atoms with E-state index in [0.29, 0.717) is 22.9 Å². The molecule has 29 heavy (non-hydrogen) atoms. The van der Waals surface area contributed by atoms with Gasteiger partial charge in [0.15, 0.2) is 6.61 Å². The van der Waals surface area contributed by atoms with E-state index in [-0.39, 0.29) is 4.90 Å². The van der Waals surface area contributed by atoms with Crippen molar-refractivity contribution in [1.82, 2.24) is 9.29 Å². The number of nitrogens with zero attached hydrogens (tertiary/aromatic N) is 1. The molecular weight excluding hydrogens is 394 g/mol. The highest BCUT2D eigenvalue weighted by Crippen LogP contribution is 2.38.